The molecule has 0 aliphatic rings. The number of rotatable bonds is 3. The molecule has 1 aromatic carbocycles. The van der Waals surface area contributed by atoms with Crippen molar-refractivity contribution in [3.8, 4) is 0 Å². The van der Waals surface area contributed by atoms with Crippen molar-refractivity contribution in [3.05, 3.63) is 54.6 Å². The zero-order chi connectivity index (χ0) is 12.4. The van der Waals surface area contributed by atoms with Crippen LogP contribution in [0.15, 0.2) is 49.1 Å². The molecular formula is C12H10Li2O4. The molecule has 84 valence electrons. The minimum Gasteiger partial charge on any atom is -0.545 e. The summed E-state index contributed by atoms with van der Waals surface area (Å²) in [5.74, 6) is -3.09. The summed E-state index contributed by atoms with van der Waals surface area (Å²) < 4.78 is 0. The molecule has 0 bridgehead atoms. The minimum absolute atomic E-state index is 0. The van der Waals surface area contributed by atoms with Crippen LogP contribution in [-0.2, 0) is 9.59 Å². The molecule has 1 rings (SSSR count). The van der Waals surface area contributed by atoms with Gasteiger partial charge in [0.25, 0.3) is 0 Å². The summed E-state index contributed by atoms with van der Waals surface area (Å²) in [5, 5.41) is 18.8. The summed E-state index contributed by atoms with van der Waals surface area (Å²) in [5.41, 5.74) is 1.17. The third-order valence-electron chi connectivity index (χ3n) is 1.39. The van der Waals surface area contributed by atoms with E-state index in [1.54, 1.807) is 0 Å². The van der Waals surface area contributed by atoms with Gasteiger partial charge in [0.05, 0.1) is 11.9 Å². The maximum absolute atomic E-state index is 9.41. The number of aliphatic carboxylic acids is 2. The number of carbonyl (C=O) groups excluding carboxylic acids is 2. The van der Waals surface area contributed by atoms with Gasteiger partial charge in [-0.2, -0.15) is 0 Å². The first-order valence-electron chi connectivity index (χ1n) is 4.33. The van der Waals surface area contributed by atoms with Crippen LogP contribution in [0.1, 0.15) is 5.56 Å². The van der Waals surface area contributed by atoms with Crippen molar-refractivity contribution in [1.82, 2.24) is 0 Å². The Morgan fingerprint density at radius 2 is 1.33 bits per heavy atom. The third kappa shape index (κ3) is 14.8. The monoisotopic (exact) mass is 232 g/mol. The molecule has 0 fully saturated rings. The largest absolute Gasteiger partial charge is 1.00 e. The van der Waals surface area contributed by atoms with Gasteiger partial charge < -0.3 is 19.8 Å². The topological polar surface area (TPSA) is 80.3 Å². The first-order valence-corrected chi connectivity index (χ1v) is 4.33. The molecule has 18 heavy (non-hydrogen) atoms. The predicted molar refractivity (Wildman–Crippen MR) is 55.7 cm³/mol. The van der Waals surface area contributed by atoms with Gasteiger partial charge in [-0.05, 0) is 17.7 Å². The maximum atomic E-state index is 9.41. The molecule has 0 spiro atoms. The van der Waals surface area contributed by atoms with Crippen molar-refractivity contribution >= 4 is 18.0 Å². The molecule has 0 amide bonds. The third-order valence-corrected chi connectivity index (χ3v) is 1.39. The van der Waals surface area contributed by atoms with E-state index in [0.717, 1.165) is 0 Å². The van der Waals surface area contributed by atoms with Crippen LogP contribution >= 0.6 is 0 Å². The molecular weight excluding hydrogens is 222 g/mol. The summed E-state index contributed by atoms with van der Waals surface area (Å²) in [6.45, 7) is 3.63. The van der Waals surface area contributed by atoms with Crippen molar-refractivity contribution in [2.45, 2.75) is 0 Å². The molecule has 0 saturated heterocycles. The Hall–Kier alpha value is -1.17. The molecule has 1 aromatic rings. The van der Waals surface area contributed by atoms with Crippen molar-refractivity contribution in [2.24, 2.45) is 0 Å². The van der Waals surface area contributed by atoms with E-state index in [0.29, 0.717) is 12.2 Å². The van der Waals surface area contributed by atoms with Crippen LogP contribution in [0.5, 0.6) is 0 Å². The zero-order valence-corrected chi connectivity index (χ0v) is 10.5. The van der Waals surface area contributed by atoms with Gasteiger partial charge in [0.2, 0.25) is 0 Å². The molecule has 6 heteroatoms. The van der Waals surface area contributed by atoms with Crippen molar-refractivity contribution < 1.29 is 57.5 Å². The van der Waals surface area contributed by atoms with Gasteiger partial charge in [0, 0.05) is 0 Å². The normalized spacial score (nSPS) is 8.00. The average molecular weight is 232 g/mol. The minimum atomic E-state index is -1.55. The van der Waals surface area contributed by atoms with Gasteiger partial charge in [-0.25, -0.2) is 0 Å². The van der Waals surface area contributed by atoms with E-state index in [1.807, 2.05) is 36.4 Å². The Morgan fingerprint density at radius 3 is 1.56 bits per heavy atom. The Kier molecular flexibility index (Phi) is 17.0. The van der Waals surface area contributed by atoms with Gasteiger partial charge >= 0.3 is 37.7 Å². The Morgan fingerprint density at radius 1 is 0.944 bits per heavy atom. The zero-order valence-electron chi connectivity index (χ0n) is 10.5. The van der Waals surface area contributed by atoms with E-state index < -0.39 is 11.9 Å². The van der Waals surface area contributed by atoms with Crippen LogP contribution in [0.3, 0.4) is 0 Å². The van der Waals surface area contributed by atoms with Gasteiger partial charge in [-0.15, -0.1) is 0 Å². The van der Waals surface area contributed by atoms with Gasteiger partial charge in [-0.1, -0.05) is 43.0 Å². The van der Waals surface area contributed by atoms with E-state index in [-0.39, 0.29) is 37.7 Å². The van der Waals surface area contributed by atoms with Gasteiger partial charge in [0.1, 0.15) is 0 Å². The standard InChI is InChI=1S/C8H8.C4H4O4.2Li/c1-2-8-6-4-3-5-7-8;5-3(6)1-2-4(7)8;;/h2-7H,1H2;1-2H,(H,5,6)(H,7,8);;/q;;2*+1/p-2. The van der Waals surface area contributed by atoms with Crippen LogP contribution in [0.25, 0.3) is 6.08 Å². The van der Waals surface area contributed by atoms with Crippen LogP contribution in [0.4, 0.5) is 0 Å². The molecule has 0 radical (unpaired) electrons. The number of carboxylic acids is 2. The van der Waals surface area contributed by atoms with E-state index in [2.05, 4.69) is 6.58 Å². The molecule has 0 aliphatic carbocycles. The fourth-order valence-electron chi connectivity index (χ4n) is 0.725. The summed E-state index contributed by atoms with van der Waals surface area (Å²) in [6.07, 6.45) is 2.60. The van der Waals surface area contributed by atoms with E-state index in [1.165, 1.54) is 5.56 Å². The van der Waals surface area contributed by atoms with Crippen molar-refractivity contribution in [1.29, 1.82) is 0 Å². The maximum Gasteiger partial charge on any atom is 1.00 e. The summed E-state index contributed by atoms with van der Waals surface area (Å²) in [6, 6.07) is 10.0. The summed E-state index contributed by atoms with van der Waals surface area (Å²) >= 11 is 0. The van der Waals surface area contributed by atoms with E-state index >= 15 is 0 Å². The average Bonchev–Trinajstić information content (AvgIpc) is 2.28. The second kappa shape index (κ2) is 13.9. The number of carbonyl (C=O) groups is 2. The van der Waals surface area contributed by atoms with E-state index in [9.17, 15) is 19.8 Å². The molecule has 0 aliphatic heterocycles. The smallest absolute Gasteiger partial charge is 0.545 e. The number of benzene rings is 1. The van der Waals surface area contributed by atoms with Crippen LogP contribution in [0.2, 0.25) is 0 Å². The summed E-state index contributed by atoms with van der Waals surface area (Å²) in [4.78, 5) is 18.8. The first kappa shape index (κ1) is 22.1. The molecule has 0 atom stereocenters. The molecule has 4 nitrogen and oxygen atoms in total. The molecule has 0 heterocycles. The van der Waals surface area contributed by atoms with Crippen molar-refractivity contribution in [3.63, 3.8) is 0 Å². The van der Waals surface area contributed by atoms with Crippen LogP contribution in [0, 0.1) is 0 Å². The molecule has 0 aromatic heterocycles. The number of hydrogen-bond acceptors (Lipinski definition) is 4. The van der Waals surface area contributed by atoms with Gasteiger partial charge in [-0.3, -0.25) is 0 Å². The molecule has 0 saturated carbocycles. The quantitative estimate of drug-likeness (QED) is 0.383. The second-order valence-electron chi connectivity index (χ2n) is 2.59. The summed E-state index contributed by atoms with van der Waals surface area (Å²) in [7, 11) is 0. The van der Waals surface area contributed by atoms with Gasteiger partial charge in [0.15, 0.2) is 0 Å². The van der Waals surface area contributed by atoms with Crippen molar-refractivity contribution in [2.75, 3.05) is 0 Å². The van der Waals surface area contributed by atoms with Crippen LogP contribution < -0.4 is 47.9 Å². The fourth-order valence-corrected chi connectivity index (χ4v) is 0.725. The molecule has 0 unspecified atom stereocenters. The predicted octanol–water partition coefficient (Wildman–Crippen LogP) is -6.62. The van der Waals surface area contributed by atoms with E-state index in [4.69, 9.17) is 0 Å². The number of carboxylic acid groups (broad SMARTS) is 2. The number of hydrogen-bond donors (Lipinski definition) is 0. The SMILES string of the molecule is C=Cc1ccccc1.O=C([O-])C=CC(=O)[O-].[Li+].[Li+]. The van der Waals surface area contributed by atoms with Crippen LogP contribution in [-0.4, -0.2) is 11.9 Å². The Bertz CT molecular complexity index is 372. The fraction of sp³-hybridized carbons (Fsp3) is 0. The Balaban J connectivity index is -0.000000225. The molecule has 0 N–H and O–H groups in total. The second-order valence-corrected chi connectivity index (χ2v) is 2.59. The first-order chi connectivity index (χ1) is 7.56. The Labute approximate surface area is 130 Å².